The SMILES string of the molecule is COC(=O)c1cc(Cl)ccc1S(=O)(=O)NCCC1CCNC1. The quantitative estimate of drug-likeness (QED) is 0.761. The Morgan fingerprint density at radius 1 is 1.50 bits per heavy atom. The number of esters is 1. The van der Waals surface area contributed by atoms with Crippen LogP contribution in [-0.2, 0) is 14.8 Å². The first-order chi connectivity index (χ1) is 10.4. The van der Waals surface area contributed by atoms with Crippen molar-refractivity contribution in [2.45, 2.75) is 17.7 Å². The molecule has 22 heavy (non-hydrogen) atoms. The summed E-state index contributed by atoms with van der Waals surface area (Å²) in [5.41, 5.74) is -0.0648. The second-order valence-corrected chi connectivity index (χ2v) is 7.35. The lowest BCUT2D eigenvalue weighted by atomic mass is 10.1. The Kier molecular flexibility index (Phi) is 5.80. The van der Waals surface area contributed by atoms with Crippen molar-refractivity contribution in [3.05, 3.63) is 28.8 Å². The summed E-state index contributed by atoms with van der Waals surface area (Å²) in [5, 5.41) is 3.51. The van der Waals surface area contributed by atoms with Gasteiger partial charge >= 0.3 is 5.97 Å². The molecule has 1 aromatic rings. The van der Waals surface area contributed by atoms with E-state index in [9.17, 15) is 13.2 Å². The van der Waals surface area contributed by atoms with Gasteiger partial charge in [-0.15, -0.1) is 0 Å². The first-order valence-electron chi connectivity index (χ1n) is 7.02. The summed E-state index contributed by atoms with van der Waals surface area (Å²) >= 11 is 5.83. The van der Waals surface area contributed by atoms with Gasteiger partial charge in [0.25, 0.3) is 0 Å². The summed E-state index contributed by atoms with van der Waals surface area (Å²) in [7, 11) is -2.59. The second kappa shape index (κ2) is 7.41. The molecule has 2 rings (SSSR count). The molecule has 1 saturated heterocycles. The zero-order valence-electron chi connectivity index (χ0n) is 12.3. The highest BCUT2D eigenvalue weighted by Crippen LogP contribution is 2.21. The third kappa shape index (κ3) is 4.19. The number of carbonyl (C=O) groups is 1. The van der Waals surface area contributed by atoms with Crippen LogP contribution in [0.25, 0.3) is 0 Å². The van der Waals surface area contributed by atoms with E-state index in [1.165, 1.54) is 25.3 Å². The van der Waals surface area contributed by atoms with Crippen molar-refractivity contribution in [1.29, 1.82) is 0 Å². The zero-order valence-corrected chi connectivity index (χ0v) is 13.8. The lowest BCUT2D eigenvalue weighted by Crippen LogP contribution is -2.28. The standard InChI is InChI=1S/C14H19ClN2O4S/c1-21-14(18)12-8-11(15)2-3-13(12)22(19,20)17-7-5-10-4-6-16-9-10/h2-3,8,10,16-17H,4-7,9H2,1H3. The number of hydrogen-bond acceptors (Lipinski definition) is 5. The normalized spacial score (nSPS) is 18.4. The van der Waals surface area contributed by atoms with E-state index < -0.39 is 16.0 Å². The first-order valence-corrected chi connectivity index (χ1v) is 8.88. The van der Waals surface area contributed by atoms with E-state index in [0.29, 0.717) is 12.5 Å². The summed E-state index contributed by atoms with van der Waals surface area (Å²) < 4.78 is 31.9. The maximum atomic E-state index is 12.4. The molecule has 122 valence electrons. The van der Waals surface area contributed by atoms with Gasteiger partial charge in [0.2, 0.25) is 10.0 Å². The van der Waals surface area contributed by atoms with E-state index in [2.05, 4.69) is 14.8 Å². The molecule has 0 amide bonds. The number of sulfonamides is 1. The average Bonchev–Trinajstić information content (AvgIpc) is 2.99. The average molecular weight is 347 g/mol. The number of carbonyl (C=O) groups excluding carboxylic acids is 1. The predicted molar refractivity (Wildman–Crippen MR) is 83.6 cm³/mol. The molecule has 0 aromatic heterocycles. The molecule has 1 fully saturated rings. The Morgan fingerprint density at radius 2 is 2.27 bits per heavy atom. The summed E-state index contributed by atoms with van der Waals surface area (Å²) in [6.07, 6.45) is 1.81. The van der Waals surface area contributed by atoms with Gasteiger partial charge in [0, 0.05) is 11.6 Å². The van der Waals surface area contributed by atoms with Gasteiger partial charge in [0.1, 0.15) is 0 Å². The molecule has 0 radical (unpaired) electrons. The monoisotopic (exact) mass is 346 g/mol. The van der Waals surface area contributed by atoms with Gasteiger partial charge in [-0.3, -0.25) is 0 Å². The van der Waals surface area contributed by atoms with Crippen LogP contribution in [-0.4, -0.2) is 41.1 Å². The number of methoxy groups -OCH3 is 1. The summed E-state index contributed by atoms with van der Waals surface area (Å²) in [6.45, 7) is 2.22. The van der Waals surface area contributed by atoms with E-state index in [-0.39, 0.29) is 15.5 Å². The van der Waals surface area contributed by atoms with Crippen LogP contribution in [0.4, 0.5) is 0 Å². The molecule has 8 heteroatoms. The second-order valence-electron chi connectivity index (χ2n) is 5.18. The third-order valence-electron chi connectivity index (χ3n) is 3.64. The number of rotatable bonds is 6. The van der Waals surface area contributed by atoms with Gasteiger partial charge in [-0.25, -0.2) is 17.9 Å². The highest BCUT2D eigenvalue weighted by Gasteiger charge is 2.24. The van der Waals surface area contributed by atoms with Crippen LogP contribution in [0.3, 0.4) is 0 Å². The van der Waals surface area contributed by atoms with Gasteiger partial charge < -0.3 is 10.1 Å². The van der Waals surface area contributed by atoms with Crippen molar-refractivity contribution >= 4 is 27.6 Å². The largest absolute Gasteiger partial charge is 0.465 e. The molecule has 0 aliphatic carbocycles. The van der Waals surface area contributed by atoms with Crippen LogP contribution in [0.1, 0.15) is 23.2 Å². The molecule has 6 nitrogen and oxygen atoms in total. The Labute approximate surface area is 135 Å². The predicted octanol–water partition coefficient (Wildman–Crippen LogP) is 1.40. The van der Waals surface area contributed by atoms with E-state index in [1.54, 1.807) is 0 Å². The van der Waals surface area contributed by atoms with Crippen LogP contribution >= 0.6 is 11.6 Å². The lowest BCUT2D eigenvalue weighted by Gasteiger charge is -2.12. The van der Waals surface area contributed by atoms with Gasteiger partial charge in [-0.1, -0.05) is 11.6 Å². The smallest absolute Gasteiger partial charge is 0.339 e. The molecule has 1 atom stereocenters. The van der Waals surface area contributed by atoms with Crippen LogP contribution < -0.4 is 10.0 Å². The molecule has 0 spiro atoms. The number of ether oxygens (including phenoxy) is 1. The Morgan fingerprint density at radius 3 is 2.91 bits per heavy atom. The maximum Gasteiger partial charge on any atom is 0.339 e. The molecule has 1 unspecified atom stereocenters. The van der Waals surface area contributed by atoms with Crippen LogP contribution in [0.15, 0.2) is 23.1 Å². The molecule has 0 bridgehead atoms. The fourth-order valence-electron chi connectivity index (χ4n) is 2.44. The minimum Gasteiger partial charge on any atom is -0.465 e. The highest BCUT2D eigenvalue weighted by atomic mass is 35.5. The first kappa shape index (κ1) is 17.2. The Hall–Kier alpha value is -1.15. The van der Waals surface area contributed by atoms with Crippen molar-refractivity contribution in [3.63, 3.8) is 0 Å². The molecule has 1 aliphatic heterocycles. The molecular weight excluding hydrogens is 328 g/mol. The summed E-state index contributed by atoms with van der Waals surface area (Å²) in [5.74, 6) is -0.254. The van der Waals surface area contributed by atoms with Crippen LogP contribution in [0.5, 0.6) is 0 Å². The third-order valence-corrected chi connectivity index (χ3v) is 5.40. The molecule has 0 saturated carbocycles. The molecule has 1 aromatic carbocycles. The van der Waals surface area contributed by atoms with Crippen molar-refractivity contribution in [3.8, 4) is 0 Å². The van der Waals surface area contributed by atoms with Crippen molar-refractivity contribution < 1.29 is 17.9 Å². The minimum atomic E-state index is -3.78. The number of hydrogen-bond donors (Lipinski definition) is 2. The zero-order chi connectivity index (χ0) is 16.2. The van der Waals surface area contributed by atoms with Gasteiger partial charge in [0.05, 0.1) is 17.6 Å². The topological polar surface area (TPSA) is 84.5 Å². The van der Waals surface area contributed by atoms with Gasteiger partial charge in [0.15, 0.2) is 0 Å². The highest BCUT2D eigenvalue weighted by molar-refractivity contribution is 7.89. The van der Waals surface area contributed by atoms with E-state index in [0.717, 1.165) is 25.9 Å². The van der Waals surface area contributed by atoms with Crippen LogP contribution in [0.2, 0.25) is 5.02 Å². The summed E-state index contributed by atoms with van der Waals surface area (Å²) in [6, 6.07) is 4.04. The van der Waals surface area contributed by atoms with E-state index in [4.69, 9.17) is 11.6 Å². The Balaban J connectivity index is 2.12. The van der Waals surface area contributed by atoms with Gasteiger partial charge in [-0.05, 0) is 50.0 Å². The lowest BCUT2D eigenvalue weighted by molar-refractivity contribution is 0.0596. The number of halogens is 1. The maximum absolute atomic E-state index is 12.4. The van der Waals surface area contributed by atoms with Crippen molar-refractivity contribution in [2.75, 3.05) is 26.7 Å². The van der Waals surface area contributed by atoms with Gasteiger partial charge in [-0.2, -0.15) is 0 Å². The minimum absolute atomic E-state index is 0.0648. The molecule has 1 aliphatic rings. The van der Waals surface area contributed by atoms with Crippen LogP contribution in [0, 0.1) is 5.92 Å². The molecule has 1 heterocycles. The summed E-state index contributed by atoms with van der Waals surface area (Å²) in [4.78, 5) is 11.6. The van der Waals surface area contributed by atoms with Crippen molar-refractivity contribution in [2.24, 2.45) is 5.92 Å². The Bertz CT molecular complexity index is 642. The molecular formula is C14H19ClN2O4S. The van der Waals surface area contributed by atoms with E-state index >= 15 is 0 Å². The molecule has 2 N–H and O–H groups in total. The fraction of sp³-hybridized carbons (Fsp3) is 0.500. The van der Waals surface area contributed by atoms with Crippen molar-refractivity contribution in [1.82, 2.24) is 10.0 Å². The van der Waals surface area contributed by atoms with E-state index in [1.807, 2.05) is 0 Å². The number of benzene rings is 1. The number of nitrogens with one attached hydrogen (secondary N) is 2. The fourth-order valence-corrected chi connectivity index (χ4v) is 3.84.